The maximum absolute atomic E-state index is 12.3. The monoisotopic (exact) mass is 428 g/mol. The Bertz CT molecular complexity index is 1130. The molecule has 7 heteroatoms. The van der Waals surface area contributed by atoms with Crippen LogP contribution in [-0.4, -0.2) is 37.2 Å². The topological polar surface area (TPSA) is 93.1 Å². The number of benzene rings is 2. The molecule has 0 radical (unpaired) electrons. The van der Waals surface area contributed by atoms with Crippen molar-refractivity contribution in [3.8, 4) is 6.07 Å². The van der Waals surface area contributed by atoms with Crippen molar-refractivity contribution in [3.05, 3.63) is 60.2 Å². The van der Waals surface area contributed by atoms with Crippen molar-refractivity contribution >= 4 is 34.1 Å². The summed E-state index contributed by atoms with van der Waals surface area (Å²) in [4.78, 5) is 19.2. The molecule has 0 unspecified atom stereocenters. The molecular formula is C25H28N6O. The number of nitriles is 1. The predicted octanol–water partition coefficient (Wildman–Crippen LogP) is 4.72. The lowest BCUT2D eigenvalue weighted by Crippen LogP contribution is -2.42. The Labute approximate surface area is 188 Å². The van der Waals surface area contributed by atoms with Gasteiger partial charge in [0.05, 0.1) is 17.1 Å². The van der Waals surface area contributed by atoms with Crippen molar-refractivity contribution in [1.29, 1.82) is 5.26 Å². The molecular weight excluding hydrogens is 400 g/mol. The van der Waals surface area contributed by atoms with Crippen molar-refractivity contribution in [3.63, 3.8) is 0 Å². The molecule has 32 heavy (non-hydrogen) atoms. The van der Waals surface area contributed by atoms with Gasteiger partial charge in [-0.3, -0.25) is 0 Å². The van der Waals surface area contributed by atoms with Gasteiger partial charge in [0, 0.05) is 49.0 Å². The maximum Gasteiger partial charge on any atom is 0.319 e. The number of rotatable bonds is 5. The first kappa shape index (κ1) is 21.4. The van der Waals surface area contributed by atoms with E-state index in [9.17, 15) is 4.79 Å². The summed E-state index contributed by atoms with van der Waals surface area (Å²) in [5.41, 5.74) is 3.38. The standard InChI is InChI=1S/C25H28N6O/c1-31(2)23-15-24(30-22-6-4-3-5-21(22)23)27-18-11-13-20(14-12-18)29-25(32)28-19-9-7-17(16-26)8-10-19/h3-10,15,18,20H,11-14H2,1-2H3,(H,27,30)(H2,28,29,32). The molecule has 0 spiro atoms. The van der Waals surface area contributed by atoms with Gasteiger partial charge in [-0.1, -0.05) is 18.2 Å². The van der Waals surface area contributed by atoms with Gasteiger partial charge < -0.3 is 20.9 Å². The minimum Gasteiger partial charge on any atom is -0.377 e. The molecule has 0 aliphatic heterocycles. The number of nitrogens with one attached hydrogen (secondary N) is 3. The van der Waals surface area contributed by atoms with Crippen LogP contribution in [0.5, 0.6) is 0 Å². The molecule has 4 rings (SSSR count). The smallest absolute Gasteiger partial charge is 0.319 e. The number of amides is 2. The number of aromatic nitrogens is 1. The van der Waals surface area contributed by atoms with E-state index in [0.29, 0.717) is 17.3 Å². The van der Waals surface area contributed by atoms with Crippen molar-refractivity contribution in [1.82, 2.24) is 10.3 Å². The van der Waals surface area contributed by atoms with E-state index in [2.05, 4.69) is 39.1 Å². The second-order valence-corrected chi connectivity index (χ2v) is 8.42. The molecule has 0 atom stereocenters. The number of fused-ring (bicyclic) bond motifs is 1. The van der Waals surface area contributed by atoms with E-state index >= 15 is 0 Å². The predicted molar refractivity (Wildman–Crippen MR) is 129 cm³/mol. The third kappa shape index (κ3) is 5.09. The first-order valence-electron chi connectivity index (χ1n) is 10.9. The molecule has 1 aliphatic rings. The van der Waals surface area contributed by atoms with Crippen LogP contribution in [0.2, 0.25) is 0 Å². The fraction of sp³-hybridized carbons (Fsp3) is 0.320. The Morgan fingerprint density at radius 1 is 1.03 bits per heavy atom. The zero-order valence-electron chi connectivity index (χ0n) is 18.4. The Kier molecular flexibility index (Phi) is 6.41. The normalized spacial score (nSPS) is 17.9. The summed E-state index contributed by atoms with van der Waals surface area (Å²) in [6.07, 6.45) is 3.75. The number of carbonyl (C=O) groups excluding carboxylic acids is 1. The molecule has 1 aromatic heterocycles. The second-order valence-electron chi connectivity index (χ2n) is 8.42. The van der Waals surface area contributed by atoms with Crippen LogP contribution in [0.25, 0.3) is 10.9 Å². The quantitative estimate of drug-likeness (QED) is 0.547. The van der Waals surface area contributed by atoms with Crippen LogP contribution in [0.3, 0.4) is 0 Å². The highest BCUT2D eigenvalue weighted by atomic mass is 16.2. The first-order chi connectivity index (χ1) is 15.5. The molecule has 3 aromatic rings. The molecule has 1 fully saturated rings. The van der Waals surface area contributed by atoms with E-state index < -0.39 is 0 Å². The average molecular weight is 429 g/mol. The van der Waals surface area contributed by atoms with E-state index in [4.69, 9.17) is 10.2 Å². The summed E-state index contributed by atoms with van der Waals surface area (Å²) in [6, 6.07) is 19.5. The Morgan fingerprint density at radius 2 is 1.72 bits per heavy atom. The number of hydrogen-bond donors (Lipinski definition) is 3. The third-order valence-electron chi connectivity index (χ3n) is 5.86. The summed E-state index contributed by atoms with van der Waals surface area (Å²) < 4.78 is 0. The SMILES string of the molecule is CN(C)c1cc(NC2CCC(NC(=O)Nc3ccc(C#N)cc3)CC2)nc2ccccc12. The lowest BCUT2D eigenvalue weighted by atomic mass is 9.91. The van der Waals surface area contributed by atoms with Gasteiger partial charge in [-0.05, 0) is 56.0 Å². The molecule has 1 heterocycles. The summed E-state index contributed by atoms with van der Waals surface area (Å²) in [7, 11) is 4.09. The van der Waals surface area contributed by atoms with Crippen molar-refractivity contribution in [2.24, 2.45) is 0 Å². The van der Waals surface area contributed by atoms with Gasteiger partial charge in [0.2, 0.25) is 0 Å². The summed E-state index contributed by atoms with van der Waals surface area (Å²) >= 11 is 0. The second kappa shape index (κ2) is 9.56. The average Bonchev–Trinajstić information content (AvgIpc) is 2.80. The Hall–Kier alpha value is -3.79. The largest absolute Gasteiger partial charge is 0.377 e. The van der Waals surface area contributed by atoms with Crippen LogP contribution in [0, 0.1) is 11.3 Å². The molecule has 1 saturated carbocycles. The number of urea groups is 1. The van der Waals surface area contributed by atoms with Gasteiger partial charge in [-0.2, -0.15) is 5.26 Å². The van der Waals surface area contributed by atoms with Gasteiger partial charge in [0.1, 0.15) is 5.82 Å². The van der Waals surface area contributed by atoms with Crippen LogP contribution < -0.4 is 20.9 Å². The molecule has 2 amide bonds. The number of nitrogens with zero attached hydrogens (tertiary/aromatic N) is 3. The van der Waals surface area contributed by atoms with Gasteiger partial charge in [0.15, 0.2) is 0 Å². The Morgan fingerprint density at radius 3 is 2.41 bits per heavy atom. The highest BCUT2D eigenvalue weighted by Crippen LogP contribution is 2.29. The molecule has 0 saturated heterocycles. The minimum atomic E-state index is -0.210. The minimum absolute atomic E-state index is 0.147. The lowest BCUT2D eigenvalue weighted by Gasteiger charge is -2.30. The molecule has 3 N–H and O–H groups in total. The van der Waals surface area contributed by atoms with E-state index in [1.807, 2.05) is 32.3 Å². The van der Waals surface area contributed by atoms with E-state index in [0.717, 1.165) is 48.1 Å². The van der Waals surface area contributed by atoms with Gasteiger partial charge in [-0.25, -0.2) is 9.78 Å². The van der Waals surface area contributed by atoms with Crippen LogP contribution in [0.1, 0.15) is 31.2 Å². The number of pyridine rings is 1. The summed E-state index contributed by atoms with van der Waals surface area (Å²) in [6.45, 7) is 0. The molecule has 0 bridgehead atoms. The van der Waals surface area contributed by atoms with Crippen LogP contribution in [0.4, 0.5) is 22.0 Å². The van der Waals surface area contributed by atoms with Crippen LogP contribution in [0.15, 0.2) is 54.6 Å². The molecule has 7 nitrogen and oxygen atoms in total. The van der Waals surface area contributed by atoms with E-state index in [1.54, 1.807) is 24.3 Å². The number of para-hydroxylation sites is 1. The van der Waals surface area contributed by atoms with Gasteiger partial charge >= 0.3 is 6.03 Å². The number of carbonyl (C=O) groups is 1. The fourth-order valence-corrected chi connectivity index (χ4v) is 4.17. The number of hydrogen-bond acceptors (Lipinski definition) is 5. The Balaban J connectivity index is 1.31. The number of anilines is 3. The first-order valence-corrected chi connectivity index (χ1v) is 10.9. The van der Waals surface area contributed by atoms with Crippen molar-refractivity contribution in [2.75, 3.05) is 29.6 Å². The van der Waals surface area contributed by atoms with Gasteiger partial charge in [-0.15, -0.1) is 0 Å². The van der Waals surface area contributed by atoms with Crippen molar-refractivity contribution < 1.29 is 4.79 Å². The maximum atomic E-state index is 12.3. The highest BCUT2D eigenvalue weighted by Gasteiger charge is 2.23. The lowest BCUT2D eigenvalue weighted by molar-refractivity contribution is 0.243. The van der Waals surface area contributed by atoms with Crippen LogP contribution >= 0.6 is 0 Å². The highest BCUT2D eigenvalue weighted by molar-refractivity contribution is 5.93. The summed E-state index contributed by atoms with van der Waals surface area (Å²) in [5, 5.41) is 19.5. The zero-order chi connectivity index (χ0) is 22.5. The fourth-order valence-electron chi connectivity index (χ4n) is 4.17. The summed E-state index contributed by atoms with van der Waals surface area (Å²) in [5.74, 6) is 0.891. The van der Waals surface area contributed by atoms with E-state index in [1.165, 1.54) is 0 Å². The zero-order valence-corrected chi connectivity index (χ0v) is 18.4. The van der Waals surface area contributed by atoms with Crippen LogP contribution in [-0.2, 0) is 0 Å². The molecule has 164 valence electrons. The van der Waals surface area contributed by atoms with Gasteiger partial charge in [0.25, 0.3) is 0 Å². The molecule has 2 aromatic carbocycles. The molecule has 1 aliphatic carbocycles. The third-order valence-corrected chi connectivity index (χ3v) is 5.86. The van der Waals surface area contributed by atoms with Crippen molar-refractivity contribution in [2.45, 2.75) is 37.8 Å². The van der Waals surface area contributed by atoms with E-state index in [-0.39, 0.29) is 12.1 Å².